The van der Waals surface area contributed by atoms with Crippen molar-refractivity contribution in [3.05, 3.63) is 40.9 Å². The standard InChI is InChI=1S/C13H15N3O2S/c1-18-10-4-2-3-9(5-10)6-11-8-15-13(19-11)16-12(17)7-14/h2-5,8H,6-7,14H2,1H3,(H,15,16,17). The van der Waals surface area contributed by atoms with Crippen molar-refractivity contribution in [3.8, 4) is 5.75 Å². The van der Waals surface area contributed by atoms with Crippen LogP contribution in [0.15, 0.2) is 30.5 Å². The second-order valence-electron chi connectivity index (χ2n) is 3.91. The number of aromatic nitrogens is 1. The minimum atomic E-state index is -0.234. The number of methoxy groups -OCH3 is 1. The zero-order chi connectivity index (χ0) is 13.7. The maximum Gasteiger partial charge on any atom is 0.239 e. The molecule has 6 heteroatoms. The summed E-state index contributed by atoms with van der Waals surface area (Å²) in [5, 5.41) is 3.22. The van der Waals surface area contributed by atoms with Crippen LogP contribution in [0.3, 0.4) is 0 Å². The molecule has 0 fully saturated rings. The van der Waals surface area contributed by atoms with Gasteiger partial charge in [-0.15, -0.1) is 11.3 Å². The summed E-state index contributed by atoms with van der Waals surface area (Å²) in [6.07, 6.45) is 2.52. The van der Waals surface area contributed by atoms with Crippen molar-refractivity contribution in [2.45, 2.75) is 6.42 Å². The van der Waals surface area contributed by atoms with Gasteiger partial charge >= 0.3 is 0 Å². The van der Waals surface area contributed by atoms with Crippen LogP contribution in [-0.2, 0) is 11.2 Å². The number of anilines is 1. The predicted octanol–water partition coefficient (Wildman–Crippen LogP) is 1.64. The van der Waals surface area contributed by atoms with Gasteiger partial charge in [-0.25, -0.2) is 4.98 Å². The van der Waals surface area contributed by atoms with E-state index in [4.69, 9.17) is 10.5 Å². The van der Waals surface area contributed by atoms with Gasteiger partial charge in [-0.05, 0) is 17.7 Å². The lowest BCUT2D eigenvalue weighted by Crippen LogP contribution is -2.21. The highest BCUT2D eigenvalue weighted by Gasteiger charge is 2.06. The van der Waals surface area contributed by atoms with Crippen molar-refractivity contribution in [2.75, 3.05) is 19.0 Å². The molecule has 0 radical (unpaired) electrons. The molecular weight excluding hydrogens is 262 g/mol. The van der Waals surface area contributed by atoms with E-state index in [1.165, 1.54) is 11.3 Å². The number of amides is 1. The maximum atomic E-state index is 11.1. The maximum absolute atomic E-state index is 11.1. The normalized spacial score (nSPS) is 10.2. The molecule has 3 N–H and O–H groups in total. The Hall–Kier alpha value is -1.92. The molecule has 0 saturated heterocycles. The Morgan fingerprint density at radius 2 is 2.37 bits per heavy atom. The molecule has 0 aliphatic carbocycles. The number of carbonyl (C=O) groups excluding carboxylic acids is 1. The topological polar surface area (TPSA) is 77.2 Å². The number of thiazole rings is 1. The van der Waals surface area contributed by atoms with Gasteiger partial charge in [-0.2, -0.15) is 0 Å². The van der Waals surface area contributed by atoms with Gasteiger partial charge in [0.2, 0.25) is 5.91 Å². The number of rotatable bonds is 5. The average Bonchev–Trinajstić information content (AvgIpc) is 2.86. The summed E-state index contributed by atoms with van der Waals surface area (Å²) in [6.45, 7) is -0.0369. The Morgan fingerprint density at radius 1 is 1.53 bits per heavy atom. The third kappa shape index (κ3) is 3.77. The highest BCUT2D eigenvalue weighted by Crippen LogP contribution is 2.22. The molecular formula is C13H15N3O2S. The molecule has 0 aliphatic heterocycles. The van der Waals surface area contributed by atoms with Crippen LogP contribution in [0.5, 0.6) is 5.75 Å². The number of nitrogens with two attached hydrogens (primary N) is 1. The summed E-state index contributed by atoms with van der Waals surface area (Å²) in [5.41, 5.74) is 6.37. The van der Waals surface area contributed by atoms with E-state index in [0.717, 1.165) is 22.6 Å². The van der Waals surface area contributed by atoms with Crippen LogP contribution in [0.4, 0.5) is 5.13 Å². The smallest absolute Gasteiger partial charge is 0.239 e. The van der Waals surface area contributed by atoms with Crippen LogP contribution in [0.25, 0.3) is 0 Å². The van der Waals surface area contributed by atoms with Crippen molar-refractivity contribution < 1.29 is 9.53 Å². The third-order valence-corrected chi connectivity index (χ3v) is 3.41. The first-order valence-electron chi connectivity index (χ1n) is 5.79. The van der Waals surface area contributed by atoms with Gasteiger partial charge in [0, 0.05) is 17.5 Å². The van der Waals surface area contributed by atoms with Crippen molar-refractivity contribution in [1.82, 2.24) is 4.98 Å². The minimum Gasteiger partial charge on any atom is -0.497 e. The Bertz CT molecular complexity index is 569. The summed E-state index contributed by atoms with van der Waals surface area (Å²) < 4.78 is 5.18. The number of nitrogens with one attached hydrogen (secondary N) is 1. The Balaban J connectivity index is 2.04. The highest BCUT2D eigenvalue weighted by atomic mass is 32.1. The number of ether oxygens (including phenoxy) is 1. The van der Waals surface area contributed by atoms with Crippen LogP contribution in [0, 0.1) is 0 Å². The molecule has 2 aromatic rings. The fourth-order valence-corrected chi connectivity index (χ4v) is 2.46. The molecule has 1 aromatic carbocycles. The minimum absolute atomic E-state index is 0.0369. The summed E-state index contributed by atoms with van der Waals surface area (Å²) in [4.78, 5) is 16.4. The fourth-order valence-electron chi connectivity index (χ4n) is 1.60. The summed E-state index contributed by atoms with van der Waals surface area (Å²) >= 11 is 1.45. The SMILES string of the molecule is COc1cccc(Cc2cnc(NC(=O)CN)s2)c1. The first kappa shape index (κ1) is 13.5. The van der Waals surface area contributed by atoms with Gasteiger partial charge in [-0.1, -0.05) is 12.1 Å². The third-order valence-electron chi connectivity index (χ3n) is 2.50. The lowest BCUT2D eigenvalue weighted by atomic mass is 10.1. The molecule has 0 aliphatic rings. The second kappa shape index (κ2) is 6.31. The molecule has 1 heterocycles. The van der Waals surface area contributed by atoms with Crippen molar-refractivity contribution >= 4 is 22.4 Å². The van der Waals surface area contributed by atoms with Gasteiger partial charge < -0.3 is 15.8 Å². The quantitative estimate of drug-likeness (QED) is 0.871. The van der Waals surface area contributed by atoms with Crippen LogP contribution in [-0.4, -0.2) is 24.5 Å². The van der Waals surface area contributed by atoms with E-state index in [2.05, 4.69) is 10.3 Å². The summed E-state index contributed by atoms with van der Waals surface area (Å²) in [5.74, 6) is 0.598. The molecule has 2 rings (SSSR count). The number of benzene rings is 1. The van der Waals surface area contributed by atoms with E-state index in [0.29, 0.717) is 5.13 Å². The summed E-state index contributed by atoms with van der Waals surface area (Å²) in [6, 6.07) is 7.87. The summed E-state index contributed by atoms with van der Waals surface area (Å²) in [7, 11) is 1.65. The number of hydrogen-bond donors (Lipinski definition) is 2. The van der Waals surface area contributed by atoms with E-state index in [1.807, 2.05) is 24.3 Å². The van der Waals surface area contributed by atoms with Crippen molar-refractivity contribution in [3.63, 3.8) is 0 Å². The molecule has 0 saturated carbocycles. The van der Waals surface area contributed by atoms with Crippen LogP contribution >= 0.6 is 11.3 Å². The van der Waals surface area contributed by atoms with Gasteiger partial charge in [0.1, 0.15) is 5.75 Å². The van der Waals surface area contributed by atoms with Crippen molar-refractivity contribution in [1.29, 1.82) is 0 Å². The number of carbonyl (C=O) groups is 1. The van der Waals surface area contributed by atoms with Gasteiger partial charge in [-0.3, -0.25) is 4.79 Å². The molecule has 0 spiro atoms. The van der Waals surface area contributed by atoms with Crippen LogP contribution in [0.1, 0.15) is 10.4 Å². The predicted molar refractivity (Wildman–Crippen MR) is 75.6 cm³/mol. The molecule has 1 aromatic heterocycles. The molecule has 19 heavy (non-hydrogen) atoms. The average molecular weight is 277 g/mol. The van der Waals surface area contributed by atoms with E-state index in [1.54, 1.807) is 13.3 Å². The first-order valence-corrected chi connectivity index (χ1v) is 6.60. The number of nitrogens with zero attached hydrogens (tertiary/aromatic N) is 1. The molecule has 100 valence electrons. The number of hydrogen-bond acceptors (Lipinski definition) is 5. The van der Waals surface area contributed by atoms with Crippen molar-refractivity contribution in [2.24, 2.45) is 5.73 Å². The molecule has 5 nitrogen and oxygen atoms in total. The van der Waals surface area contributed by atoms with E-state index >= 15 is 0 Å². The molecule has 0 atom stereocenters. The molecule has 0 bridgehead atoms. The largest absolute Gasteiger partial charge is 0.497 e. The van der Waals surface area contributed by atoms with Crippen LogP contribution in [0.2, 0.25) is 0 Å². The monoisotopic (exact) mass is 277 g/mol. The van der Waals surface area contributed by atoms with E-state index < -0.39 is 0 Å². The second-order valence-corrected chi connectivity index (χ2v) is 5.03. The Morgan fingerprint density at radius 3 is 3.11 bits per heavy atom. The molecule has 1 amide bonds. The first-order chi connectivity index (χ1) is 9.21. The van der Waals surface area contributed by atoms with Gasteiger partial charge in [0.15, 0.2) is 5.13 Å². The van der Waals surface area contributed by atoms with Crippen LogP contribution < -0.4 is 15.8 Å². The van der Waals surface area contributed by atoms with E-state index in [9.17, 15) is 4.79 Å². The van der Waals surface area contributed by atoms with Gasteiger partial charge in [0.25, 0.3) is 0 Å². The Kier molecular flexibility index (Phi) is 4.48. The lowest BCUT2D eigenvalue weighted by molar-refractivity contribution is -0.114. The zero-order valence-electron chi connectivity index (χ0n) is 10.6. The van der Waals surface area contributed by atoms with E-state index in [-0.39, 0.29) is 12.5 Å². The highest BCUT2D eigenvalue weighted by molar-refractivity contribution is 7.15. The molecule has 0 unspecified atom stereocenters. The fraction of sp³-hybridized carbons (Fsp3) is 0.231. The lowest BCUT2D eigenvalue weighted by Gasteiger charge is -2.02. The Labute approximate surface area is 115 Å². The van der Waals surface area contributed by atoms with Gasteiger partial charge in [0.05, 0.1) is 13.7 Å². The zero-order valence-corrected chi connectivity index (χ0v) is 11.4.